The number of guanidine groups is 1. The van der Waals surface area contributed by atoms with Crippen molar-refractivity contribution in [1.29, 1.82) is 0 Å². The first-order chi connectivity index (χ1) is 16.1. The highest BCUT2D eigenvalue weighted by atomic mass is 16.6. The molecule has 33 heavy (non-hydrogen) atoms. The van der Waals surface area contributed by atoms with Crippen LogP contribution < -0.4 is 4.90 Å². The van der Waals surface area contributed by atoms with E-state index in [1.54, 1.807) is 0 Å². The predicted octanol–water partition coefficient (Wildman–Crippen LogP) is 5.23. The molecule has 0 bridgehead atoms. The van der Waals surface area contributed by atoms with Crippen LogP contribution >= 0.6 is 0 Å². The molecule has 1 saturated heterocycles. The largest absolute Gasteiger partial charge is 0.444 e. The number of para-hydroxylation sites is 1. The molecule has 168 valence electrons. The average Bonchev–Trinajstić information content (AvgIpc) is 3.18. The summed E-state index contributed by atoms with van der Waals surface area (Å²) in [5.74, 6) is 0.185. The monoisotopic (exact) mass is 443 g/mol. The highest BCUT2D eigenvalue weighted by Crippen LogP contribution is 2.25. The average molecular weight is 444 g/mol. The molecule has 1 fully saturated rings. The Balaban J connectivity index is 1.54. The van der Waals surface area contributed by atoms with Gasteiger partial charge in [-0.3, -0.25) is 0 Å². The number of carbonyl (C=O) groups is 2. The molecule has 1 atom stereocenters. The van der Waals surface area contributed by atoms with Gasteiger partial charge in [-0.05, 0) is 30.2 Å². The van der Waals surface area contributed by atoms with Gasteiger partial charge in [-0.2, -0.15) is 0 Å². The third-order valence-corrected chi connectivity index (χ3v) is 5.21. The van der Waals surface area contributed by atoms with Crippen molar-refractivity contribution in [2.24, 2.45) is 4.99 Å². The maximum absolute atomic E-state index is 13.0. The third-order valence-electron chi connectivity index (χ3n) is 5.21. The van der Waals surface area contributed by atoms with Gasteiger partial charge in [0.15, 0.2) is 0 Å². The van der Waals surface area contributed by atoms with Crippen molar-refractivity contribution in [3.63, 3.8) is 0 Å². The third kappa shape index (κ3) is 5.57. The van der Waals surface area contributed by atoms with Crippen molar-refractivity contribution in [3.8, 4) is 0 Å². The van der Waals surface area contributed by atoms with Gasteiger partial charge in [-0.15, -0.1) is 4.99 Å². The summed E-state index contributed by atoms with van der Waals surface area (Å²) >= 11 is 0. The molecule has 7 nitrogen and oxygen atoms in total. The molecule has 0 spiro atoms. The van der Waals surface area contributed by atoms with Gasteiger partial charge in [-0.1, -0.05) is 78.9 Å². The van der Waals surface area contributed by atoms with E-state index in [1.165, 1.54) is 4.90 Å². The number of aliphatic imine (C=N–C) groups is 1. The van der Waals surface area contributed by atoms with Gasteiger partial charge >= 0.3 is 12.2 Å². The van der Waals surface area contributed by atoms with Crippen LogP contribution in [0.25, 0.3) is 0 Å². The summed E-state index contributed by atoms with van der Waals surface area (Å²) in [5.41, 5.74) is 2.54. The lowest BCUT2D eigenvalue weighted by Crippen LogP contribution is -2.41. The number of ether oxygens (including phenoxy) is 2. The summed E-state index contributed by atoms with van der Waals surface area (Å²) in [4.78, 5) is 33.0. The molecule has 0 aromatic heterocycles. The number of hydrogen-bond acceptors (Lipinski definition) is 4. The Kier molecular flexibility index (Phi) is 6.99. The summed E-state index contributed by atoms with van der Waals surface area (Å²) in [6, 6.07) is 28.0. The SMILES string of the molecule is CC1CN(c2ccccc2)/C(=N/C(=O)OCc2ccccc2)N1C(=O)OCc1ccccc1. The second-order valence-electron chi connectivity index (χ2n) is 7.66. The maximum atomic E-state index is 13.0. The zero-order chi connectivity index (χ0) is 23.0. The number of hydrogen-bond donors (Lipinski definition) is 0. The van der Waals surface area contributed by atoms with E-state index in [0.717, 1.165) is 16.8 Å². The number of anilines is 1. The maximum Gasteiger partial charge on any atom is 0.437 e. The minimum atomic E-state index is -0.773. The summed E-state index contributed by atoms with van der Waals surface area (Å²) in [5, 5.41) is 0. The van der Waals surface area contributed by atoms with Crippen LogP contribution in [0.4, 0.5) is 15.3 Å². The number of benzene rings is 3. The fourth-order valence-corrected chi connectivity index (χ4v) is 3.58. The van der Waals surface area contributed by atoms with Gasteiger partial charge in [0.25, 0.3) is 0 Å². The van der Waals surface area contributed by atoms with Crippen LogP contribution in [0.15, 0.2) is 96.0 Å². The predicted molar refractivity (Wildman–Crippen MR) is 126 cm³/mol. The first kappa shape index (κ1) is 22.1. The number of amides is 2. The van der Waals surface area contributed by atoms with Gasteiger partial charge in [0.1, 0.15) is 13.2 Å². The van der Waals surface area contributed by atoms with Crippen LogP contribution in [0.3, 0.4) is 0 Å². The lowest BCUT2D eigenvalue weighted by molar-refractivity contribution is 0.111. The van der Waals surface area contributed by atoms with Gasteiger partial charge in [-0.25, -0.2) is 14.5 Å². The first-order valence-corrected chi connectivity index (χ1v) is 10.7. The summed E-state index contributed by atoms with van der Waals surface area (Å²) < 4.78 is 10.9. The van der Waals surface area contributed by atoms with Crippen molar-refractivity contribution in [1.82, 2.24) is 4.90 Å². The van der Waals surface area contributed by atoms with E-state index >= 15 is 0 Å². The van der Waals surface area contributed by atoms with E-state index in [0.29, 0.717) is 6.54 Å². The van der Waals surface area contributed by atoms with Crippen LogP contribution in [0.5, 0.6) is 0 Å². The Bertz CT molecular complexity index is 1100. The van der Waals surface area contributed by atoms with Crippen molar-refractivity contribution >= 4 is 23.8 Å². The normalized spacial score (nSPS) is 16.6. The topological polar surface area (TPSA) is 71.4 Å². The highest BCUT2D eigenvalue weighted by molar-refractivity contribution is 6.09. The lowest BCUT2D eigenvalue weighted by atomic mass is 10.2. The molecule has 3 aromatic rings. The Labute approximate surface area is 192 Å². The Morgan fingerprint density at radius 1 is 0.818 bits per heavy atom. The quantitative estimate of drug-likeness (QED) is 0.540. The van der Waals surface area contributed by atoms with Gasteiger partial charge in [0, 0.05) is 12.2 Å². The smallest absolute Gasteiger partial charge is 0.437 e. The van der Waals surface area contributed by atoms with Crippen LogP contribution in [-0.4, -0.2) is 35.6 Å². The molecule has 0 aliphatic carbocycles. The number of rotatable bonds is 5. The molecule has 1 unspecified atom stereocenters. The number of carbonyl (C=O) groups excluding carboxylic acids is 2. The van der Waals surface area contributed by atoms with E-state index in [4.69, 9.17) is 9.47 Å². The van der Waals surface area contributed by atoms with E-state index in [2.05, 4.69) is 4.99 Å². The van der Waals surface area contributed by atoms with Crippen molar-refractivity contribution in [2.75, 3.05) is 11.4 Å². The second-order valence-corrected chi connectivity index (χ2v) is 7.66. The Hall–Kier alpha value is -4.13. The Morgan fingerprint density at radius 2 is 1.33 bits per heavy atom. The van der Waals surface area contributed by atoms with E-state index < -0.39 is 12.2 Å². The molecule has 7 heteroatoms. The minimum Gasteiger partial charge on any atom is -0.444 e. The van der Waals surface area contributed by atoms with Gasteiger partial charge < -0.3 is 14.4 Å². The van der Waals surface area contributed by atoms with E-state index in [1.807, 2.05) is 103 Å². The van der Waals surface area contributed by atoms with Crippen LogP contribution in [-0.2, 0) is 22.7 Å². The zero-order valence-electron chi connectivity index (χ0n) is 18.3. The van der Waals surface area contributed by atoms with Gasteiger partial charge in [0.2, 0.25) is 5.96 Å². The lowest BCUT2D eigenvalue weighted by Gasteiger charge is -2.22. The minimum absolute atomic E-state index is 0.0931. The molecule has 0 radical (unpaired) electrons. The second kappa shape index (κ2) is 10.5. The molecule has 0 N–H and O–H groups in total. The van der Waals surface area contributed by atoms with Crippen LogP contribution in [0, 0.1) is 0 Å². The van der Waals surface area contributed by atoms with Crippen molar-refractivity contribution < 1.29 is 19.1 Å². The molecule has 1 heterocycles. The number of nitrogens with zero attached hydrogens (tertiary/aromatic N) is 3. The fourth-order valence-electron chi connectivity index (χ4n) is 3.58. The summed E-state index contributed by atoms with van der Waals surface area (Å²) in [6.45, 7) is 2.57. The van der Waals surface area contributed by atoms with E-state index in [-0.39, 0.29) is 25.2 Å². The van der Waals surface area contributed by atoms with E-state index in [9.17, 15) is 9.59 Å². The molecular formula is C26H25N3O4. The van der Waals surface area contributed by atoms with Crippen molar-refractivity contribution in [2.45, 2.75) is 26.2 Å². The highest BCUT2D eigenvalue weighted by Gasteiger charge is 2.39. The molecular weight excluding hydrogens is 418 g/mol. The molecule has 1 aliphatic heterocycles. The Morgan fingerprint density at radius 3 is 1.91 bits per heavy atom. The van der Waals surface area contributed by atoms with Crippen LogP contribution in [0.2, 0.25) is 0 Å². The standard InChI is InChI=1S/C26H25N3O4/c1-20-17-28(23-15-9-4-10-16-23)24(27-25(30)32-18-21-11-5-2-6-12-21)29(20)26(31)33-19-22-13-7-3-8-14-22/h2-16,20H,17-19H2,1H3/b27-24-. The van der Waals surface area contributed by atoms with Crippen LogP contribution in [0.1, 0.15) is 18.1 Å². The molecule has 3 aromatic carbocycles. The fraction of sp³-hybridized carbons (Fsp3) is 0.192. The zero-order valence-corrected chi connectivity index (χ0v) is 18.3. The summed E-state index contributed by atoms with van der Waals surface area (Å²) in [6.07, 6.45) is -1.34. The van der Waals surface area contributed by atoms with Crippen molar-refractivity contribution in [3.05, 3.63) is 102 Å². The molecule has 2 amide bonds. The molecule has 0 saturated carbocycles. The molecule has 1 aliphatic rings. The molecule has 4 rings (SSSR count). The summed E-state index contributed by atoms with van der Waals surface area (Å²) in [7, 11) is 0. The van der Waals surface area contributed by atoms with Gasteiger partial charge in [0.05, 0.1) is 6.04 Å². The first-order valence-electron chi connectivity index (χ1n) is 10.7.